The van der Waals surface area contributed by atoms with Crippen molar-refractivity contribution in [1.82, 2.24) is 4.90 Å². The third-order valence-corrected chi connectivity index (χ3v) is 3.58. The summed E-state index contributed by atoms with van der Waals surface area (Å²) in [5, 5.41) is 9.86. The molecular formula is C15H21NO2. The third-order valence-electron chi connectivity index (χ3n) is 3.58. The normalized spacial score (nSPS) is 24.4. The van der Waals surface area contributed by atoms with Crippen LogP contribution in [0, 0.1) is 0 Å². The molecule has 1 aromatic rings. The molecule has 1 N–H and O–H groups in total. The molecule has 0 radical (unpaired) electrons. The van der Waals surface area contributed by atoms with Gasteiger partial charge in [-0.15, -0.1) is 0 Å². The van der Waals surface area contributed by atoms with Crippen LogP contribution in [0.2, 0.25) is 0 Å². The van der Waals surface area contributed by atoms with Crippen molar-refractivity contribution in [2.24, 2.45) is 0 Å². The van der Waals surface area contributed by atoms with Crippen LogP contribution in [0.25, 0.3) is 0 Å². The van der Waals surface area contributed by atoms with E-state index < -0.39 is 5.60 Å². The van der Waals surface area contributed by atoms with Crippen LogP contribution in [0.4, 0.5) is 0 Å². The minimum Gasteiger partial charge on any atom is -0.389 e. The van der Waals surface area contributed by atoms with Gasteiger partial charge in [-0.1, -0.05) is 31.2 Å². The van der Waals surface area contributed by atoms with Gasteiger partial charge in [-0.2, -0.15) is 0 Å². The van der Waals surface area contributed by atoms with Crippen molar-refractivity contribution in [3.8, 4) is 0 Å². The monoisotopic (exact) mass is 247 g/mol. The first-order valence-electron chi connectivity index (χ1n) is 6.57. The number of nitrogens with zero attached hydrogens (tertiary/aromatic N) is 1. The molecule has 2 rings (SSSR count). The minimum absolute atomic E-state index is 0.135. The molecule has 18 heavy (non-hydrogen) atoms. The van der Waals surface area contributed by atoms with Crippen molar-refractivity contribution >= 4 is 5.78 Å². The fourth-order valence-corrected chi connectivity index (χ4v) is 2.39. The van der Waals surface area contributed by atoms with Crippen LogP contribution >= 0.6 is 0 Å². The lowest BCUT2D eigenvalue weighted by Gasteiger charge is -2.18. The molecule has 1 aliphatic rings. The van der Waals surface area contributed by atoms with Gasteiger partial charge >= 0.3 is 0 Å². The minimum atomic E-state index is -0.633. The number of β-amino-alcohol motifs (C(OH)–C–C–N with tert-alkyl or cyclic N) is 1. The Hall–Kier alpha value is -1.19. The van der Waals surface area contributed by atoms with Gasteiger partial charge in [0, 0.05) is 18.7 Å². The zero-order valence-electron chi connectivity index (χ0n) is 11.1. The number of Topliss-reactive ketones (excluding diaryl/α,β-unsaturated/α-hetero) is 1. The van der Waals surface area contributed by atoms with Crippen molar-refractivity contribution in [3.05, 3.63) is 35.4 Å². The average Bonchev–Trinajstić information content (AvgIpc) is 2.68. The molecule has 3 nitrogen and oxygen atoms in total. The quantitative estimate of drug-likeness (QED) is 0.826. The van der Waals surface area contributed by atoms with Crippen LogP contribution in [0.15, 0.2) is 24.3 Å². The number of aliphatic hydroxyl groups is 1. The molecule has 0 bridgehead atoms. The van der Waals surface area contributed by atoms with E-state index >= 15 is 0 Å². The molecule has 0 aliphatic carbocycles. The van der Waals surface area contributed by atoms with Gasteiger partial charge in [-0.25, -0.2) is 0 Å². The molecule has 98 valence electrons. The van der Waals surface area contributed by atoms with Gasteiger partial charge in [-0.05, 0) is 25.3 Å². The smallest absolute Gasteiger partial charge is 0.176 e. The molecule has 1 heterocycles. The maximum absolute atomic E-state index is 12.1. The predicted molar refractivity (Wildman–Crippen MR) is 71.8 cm³/mol. The van der Waals surface area contributed by atoms with E-state index in [9.17, 15) is 9.90 Å². The summed E-state index contributed by atoms with van der Waals surface area (Å²) in [7, 11) is 0. The summed E-state index contributed by atoms with van der Waals surface area (Å²) in [5.74, 6) is 0.135. The Bertz CT molecular complexity index is 423. The summed E-state index contributed by atoms with van der Waals surface area (Å²) in [6.07, 6.45) is 1.73. The highest BCUT2D eigenvalue weighted by atomic mass is 16.3. The van der Waals surface area contributed by atoms with E-state index in [1.54, 1.807) is 0 Å². The molecule has 0 aromatic heterocycles. The fourth-order valence-electron chi connectivity index (χ4n) is 2.39. The topological polar surface area (TPSA) is 40.5 Å². The van der Waals surface area contributed by atoms with E-state index in [-0.39, 0.29) is 5.78 Å². The van der Waals surface area contributed by atoms with Crippen molar-refractivity contribution in [3.63, 3.8) is 0 Å². The third kappa shape index (κ3) is 3.18. The Morgan fingerprint density at radius 2 is 2.06 bits per heavy atom. The number of aryl methyl sites for hydroxylation is 1. The zero-order chi connectivity index (χ0) is 13.2. The Balaban J connectivity index is 1.95. The Morgan fingerprint density at radius 1 is 1.39 bits per heavy atom. The van der Waals surface area contributed by atoms with Crippen LogP contribution in [0.1, 0.15) is 36.2 Å². The standard InChI is InChI=1S/C15H21NO2/c1-3-12-4-6-13(7-5-12)14(17)10-16-9-8-15(2,18)11-16/h4-7,18H,3,8-11H2,1-2H3. The van der Waals surface area contributed by atoms with Crippen LogP contribution in [0.5, 0.6) is 0 Å². The lowest BCUT2D eigenvalue weighted by molar-refractivity contribution is 0.0669. The van der Waals surface area contributed by atoms with Crippen LogP contribution in [-0.2, 0) is 6.42 Å². The lowest BCUT2D eigenvalue weighted by Crippen LogP contribution is -2.33. The Labute approximate surface area is 108 Å². The van der Waals surface area contributed by atoms with Gasteiger partial charge in [0.25, 0.3) is 0 Å². The highest BCUT2D eigenvalue weighted by Gasteiger charge is 2.32. The van der Waals surface area contributed by atoms with Crippen molar-refractivity contribution in [2.45, 2.75) is 32.3 Å². The Kier molecular flexibility index (Phi) is 3.83. The van der Waals surface area contributed by atoms with E-state index in [0.29, 0.717) is 13.1 Å². The first-order valence-corrected chi connectivity index (χ1v) is 6.57. The molecule has 1 aliphatic heterocycles. The molecule has 1 saturated heterocycles. The second-order valence-corrected chi connectivity index (χ2v) is 5.43. The molecule has 3 heteroatoms. The molecule has 0 amide bonds. The number of carbonyl (C=O) groups is 1. The number of ketones is 1. The molecule has 1 unspecified atom stereocenters. The fraction of sp³-hybridized carbons (Fsp3) is 0.533. The van der Waals surface area contributed by atoms with Gasteiger partial charge in [-0.3, -0.25) is 9.69 Å². The van der Waals surface area contributed by atoms with E-state index in [4.69, 9.17) is 0 Å². The summed E-state index contributed by atoms with van der Waals surface area (Å²) in [4.78, 5) is 14.1. The summed E-state index contributed by atoms with van der Waals surface area (Å²) in [6, 6.07) is 7.81. The molecule has 1 atom stereocenters. The zero-order valence-corrected chi connectivity index (χ0v) is 11.1. The van der Waals surface area contributed by atoms with Crippen LogP contribution in [-0.4, -0.2) is 41.0 Å². The lowest BCUT2D eigenvalue weighted by atomic mass is 10.1. The van der Waals surface area contributed by atoms with E-state index in [1.165, 1.54) is 5.56 Å². The average molecular weight is 247 g/mol. The summed E-state index contributed by atoms with van der Waals surface area (Å²) in [5.41, 5.74) is 1.38. The summed E-state index contributed by atoms with van der Waals surface area (Å²) in [6.45, 7) is 5.72. The van der Waals surface area contributed by atoms with Gasteiger partial charge in [0.15, 0.2) is 5.78 Å². The second-order valence-electron chi connectivity index (χ2n) is 5.43. The number of likely N-dealkylation sites (tertiary alicyclic amines) is 1. The predicted octanol–water partition coefficient (Wildman–Crippen LogP) is 1.89. The number of hydrogen-bond donors (Lipinski definition) is 1. The number of benzene rings is 1. The molecule has 0 saturated carbocycles. The Morgan fingerprint density at radius 3 is 2.56 bits per heavy atom. The van der Waals surface area contributed by atoms with E-state index in [0.717, 1.165) is 24.9 Å². The van der Waals surface area contributed by atoms with Gasteiger partial charge in [0.1, 0.15) is 0 Å². The molecule has 1 fully saturated rings. The molecular weight excluding hydrogens is 226 g/mol. The van der Waals surface area contributed by atoms with Crippen LogP contribution in [0.3, 0.4) is 0 Å². The number of hydrogen-bond acceptors (Lipinski definition) is 3. The molecule has 1 aromatic carbocycles. The largest absolute Gasteiger partial charge is 0.389 e. The van der Waals surface area contributed by atoms with Crippen LogP contribution < -0.4 is 0 Å². The second kappa shape index (κ2) is 5.21. The maximum atomic E-state index is 12.1. The first-order chi connectivity index (χ1) is 8.50. The maximum Gasteiger partial charge on any atom is 0.176 e. The number of carbonyl (C=O) groups excluding carboxylic acids is 1. The van der Waals surface area contributed by atoms with Gasteiger partial charge in [0.05, 0.1) is 12.1 Å². The highest BCUT2D eigenvalue weighted by molar-refractivity contribution is 5.97. The molecule has 0 spiro atoms. The van der Waals surface area contributed by atoms with Gasteiger partial charge in [0.2, 0.25) is 0 Å². The number of rotatable bonds is 4. The van der Waals surface area contributed by atoms with E-state index in [2.05, 4.69) is 6.92 Å². The van der Waals surface area contributed by atoms with E-state index in [1.807, 2.05) is 36.1 Å². The SMILES string of the molecule is CCc1ccc(C(=O)CN2CCC(C)(O)C2)cc1. The van der Waals surface area contributed by atoms with Crippen molar-refractivity contribution in [2.75, 3.05) is 19.6 Å². The highest BCUT2D eigenvalue weighted by Crippen LogP contribution is 2.20. The summed E-state index contributed by atoms with van der Waals surface area (Å²) < 4.78 is 0. The summed E-state index contributed by atoms with van der Waals surface area (Å²) >= 11 is 0. The van der Waals surface area contributed by atoms with Gasteiger partial charge < -0.3 is 5.11 Å². The van der Waals surface area contributed by atoms with Crippen molar-refractivity contribution in [1.29, 1.82) is 0 Å². The van der Waals surface area contributed by atoms with Crippen molar-refractivity contribution < 1.29 is 9.90 Å². The first kappa shape index (κ1) is 13.2.